The van der Waals surface area contributed by atoms with Crippen LogP contribution in [0.2, 0.25) is 0 Å². The van der Waals surface area contributed by atoms with Gasteiger partial charge in [-0.1, -0.05) is 23.8 Å². The standard InChI is InChI=1S/C16H21NO2S/c18-14-8-4-5-9-15(14)20-12-16(19)17-11-10-13-6-2-1-3-7-13/h4-6,8-9,18H,1-3,7,10-12H2,(H,17,19). The zero-order chi connectivity index (χ0) is 14.2. The maximum absolute atomic E-state index is 11.7. The molecule has 0 atom stereocenters. The highest BCUT2D eigenvalue weighted by molar-refractivity contribution is 8.00. The number of hydrogen-bond acceptors (Lipinski definition) is 3. The molecule has 1 aromatic rings. The molecule has 0 unspecified atom stereocenters. The molecule has 1 aromatic carbocycles. The molecule has 0 saturated carbocycles. The van der Waals surface area contributed by atoms with Gasteiger partial charge in [-0.3, -0.25) is 4.79 Å². The third kappa shape index (κ3) is 4.93. The van der Waals surface area contributed by atoms with Crippen LogP contribution in [-0.4, -0.2) is 23.3 Å². The number of allylic oxidation sites excluding steroid dienone is 1. The van der Waals surface area contributed by atoms with Crippen molar-refractivity contribution >= 4 is 17.7 Å². The molecule has 1 aliphatic carbocycles. The molecule has 2 rings (SSSR count). The van der Waals surface area contributed by atoms with Gasteiger partial charge < -0.3 is 10.4 Å². The molecule has 0 radical (unpaired) electrons. The van der Waals surface area contributed by atoms with Crippen LogP contribution in [0.25, 0.3) is 0 Å². The van der Waals surface area contributed by atoms with Crippen LogP contribution in [-0.2, 0) is 4.79 Å². The lowest BCUT2D eigenvalue weighted by Crippen LogP contribution is -2.26. The van der Waals surface area contributed by atoms with E-state index < -0.39 is 0 Å². The largest absolute Gasteiger partial charge is 0.507 e. The number of phenols is 1. The molecule has 108 valence electrons. The van der Waals surface area contributed by atoms with Crippen molar-refractivity contribution in [3.05, 3.63) is 35.9 Å². The second-order valence-electron chi connectivity index (χ2n) is 4.96. The number of hydrogen-bond donors (Lipinski definition) is 2. The van der Waals surface area contributed by atoms with Crippen molar-refractivity contribution < 1.29 is 9.90 Å². The Bertz CT molecular complexity index is 485. The molecule has 0 fully saturated rings. The molecule has 0 heterocycles. The van der Waals surface area contributed by atoms with Crippen molar-refractivity contribution in [2.75, 3.05) is 12.3 Å². The summed E-state index contributed by atoms with van der Waals surface area (Å²) in [6.07, 6.45) is 8.23. The van der Waals surface area contributed by atoms with Crippen LogP contribution >= 0.6 is 11.8 Å². The third-order valence-corrected chi connectivity index (χ3v) is 4.44. The highest BCUT2D eigenvalue weighted by Crippen LogP contribution is 2.27. The minimum absolute atomic E-state index is 0.0228. The van der Waals surface area contributed by atoms with Gasteiger partial charge in [-0.15, -0.1) is 11.8 Å². The summed E-state index contributed by atoms with van der Waals surface area (Å²) in [7, 11) is 0. The number of carbonyl (C=O) groups is 1. The van der Waals surface area contributed by atoms with Crippen molar-refractivity contribution in [1.29, 1.82) is 0 Å². The fourth-order valence-electron chi connectivity index (χ4n) is 2.27. The van der Waals surface area contributed by atoms with Crippen LogP contribution in [0.5, 0.6) is 5.75 Å². The van der Waals surface area contributed by atoms with Crippen molar-refractivity contribution in [2.45, 2.75) is 37.0 Å². The molecule has 0 aromatic heterocycles. The number of thioether (sulfide) groups is 1. The Morgan fingerprint density at radius 2 is 2.15 bits per heavy atom. The van der Waals surface area contributed by atoms with Crippen molar-refractivity contribution in [1.82, 2.24) is 5.32 Å². The molecule has 20 heavy (non-hydrogen) atoms. The van der Waals surface area contributed by atoms with Crippen molar-refractivity contribution in [3.63, 3.8) is 0 Å². The van der Waals surface area contributed by atoms with Crippen LogP contribution in [0.3, 0.4) is 0 Å². The lowest BCUT2D eigenvalue weighted by molar-refractivity contribution is -0.118. The Balaban J connectivity index is 1.65. The molecule has 1 aliphatic rings. The summed E-state index contributed by atoms with van der Waals surface area (Å²) in [5.74, 6) is 0.601. The van der Waals surface area contributed by atoms with Crippen LogP contribution < -0.4 is 5.32 Å². The predicted molar refractivity (Wildman–Crippen MR) is 83.0 cm³/mol. The number of phenolic OH excluding ortho intramolecular Hbond substituents is 1. The fourth-order valence-corrected chi connectivity index (χ4v) is 3.05. The zero-order valence-corrected chi connectivity index (χ0v) is 12.4. The summed E-state index contributed by atoms with van der Waals surface area (Å²) in [5.41, 5.74) is 1.48. The zero-order valence-electron chi connectivity index (χ0n) is 11.6. The number of benzene rings is 1. The quantitative estimate of drug-likeness (QED) is 0.623. The van der Waals surface area contributed by atoms with E-state index in [0.29, 0.717) is 12.3 Å². The summed E-state index contributed by atoms with van der Waals surface area (Å²) in [6, 6.07) is 7.09. The highest BCUT2D eigenvalue weighted by atomic mass is 32.2. The Hall–Kier alpha value is -1.42. The number of amides is 1. The second-order valence-corrected chi connectivity index (χ2v) is 5.98. The summed E-state index contributed by atoms with van der Waals surface area (Å²) in [6.45, 7) is 0.714. The highest BCUT2D eigenvalue weighted by Gasteiger charge is 2.07. The van der Waals surface area contributed by atoms with E-state index >= 15 is 0 Å². The first kappa shape index (κ1) is 15.0. The first-order valence-corrected chi connectivity index (χ1v) is 8.09. The van der Waals surface area contributed by atoms with Gasteiger partial charge in [0.2, 0.25) is 5.91 Å². The monoisotopic (exact) mass is 291 g/mol. The van der Waals surface area contributed by atoms with Gasteiger partial charge in [-0.2, -0.15) is 0 Å². The van der Waals surface area contributed by atoms with Gasteiger partial charge in [0, 0.05) is 11.4 Å². The molecule has 1 amide bonds. The molecule has 0 saturated heterocycles. The molecule has 3 nitrogen and oxygen atoms in total. The normalized spacial score (nSPS) is 14.7. The fraction of sp³-hybridized carbons (Fsp3) is 0.438. The van der Waals surface area contributed by atoms with Crippen molar-refractivity contribution in [2.24, 2.45) is 0 Å². The maximum atomic E-state index is 11.7. The molecule has 2 N–H and O–H groups in total. The van der Waals surface area contributed by atoms with E-state index in [9.17, 15) is 9.90 Å². The van der Waals surface area contributed by atoms with E-state index in [0.717, 1.165) is 11.3 Å². The van der Waals surface area contributed by atoms with Crippen LogP contribution in [0.15, 0.2) is 40.8 Å². The van der Waals surface area contributed by atoms with Crippen LogP contribution in [0.1, 0.15) is 32.1 Å². The van der Waals surface area contributed by atoms with Gasteiger partial charge >= 0.3 is 0 Å². The number of carbonyl (C=O) groups excluding carboxylic acids is 1. The van der Waals surface area contributed by atoms with Gasteiger partial charge in [0.1, 0.15) is 5.75 Å². The summed E-state index contributed by atoms with van der Waals surface area (Å²) < 4.78 is 0. The number of aromatic hydroxyl groups is 1. The first-order valence-electron chi connectivity index (χ1n) is 7.11. The summed E-state index contributed by atoms with van der Waals surface area (Å²) in [5, 5.41) is 12.5. The van der Waals surface area contributed by atoms with Gasteiger partial charge in [0.25, 0.3) is 0 Å². The lowest BCUT2D eigenvalue weighted by atomic mass is 9.97. The maximum Gasteiger partial charge on any atom is 0.230 e. The molecule has 0 bridgehead atoms. The number of para-hydroxylation sites is 1. The van der Waals surface area contributed by atoms with E-state index in [-0.39, 0.29) is 11.7 Å². The van der Waals surface area contributed by atoms with Crippen LogP contribution in [0, 0.1) is 0 Å². The summed E-state index contributed by atoms with van der Waals surface area (Å²) >= 11 is 1.36. The second kappa shape index (κ2) is 8.00. The number of rotatable bonds is 6. The first-order chi connectivity index (χ1) is 9.75. The predicted octanol–water partition coefficient (Wildman–Crippen LogP) is 3.49. The Morgan fingerprint density at radius 3 is 2.90 bits per heavy atom. The van der Waals surface area contributed by atoms with Gasteiger partial charge in [0.05, 0.1) is 5.75 Å². The van der Waals surface area contributed by atoms with E-state index in [1.54, 1.807) is 12.1 Å². The SMILES string of the molecule is O=C(CSc1ccccc1O)NCCC1=CCCCC1. The Kier molecular flexibility index (Phi) is 5.99. The van der Waals surface area contributed by atoms with E-state index in [2.05, 4.69) is 11.4 Å². The number of nitrogens with one attached hydrogen (secondary N) is 1. The molecular weight excluding hydrogens is 270 g/mol. The third-order valence-electron chi connectivity index (χ3n) is 3.38. The van der Waals surface area contributed by atoms with Crippen molar-refractivity contribution in [3.8, 4) is 5.75 Å². The molecule has 4 heteroatoms. The molecular formula is C16H21NO2S. The van der Waals surface area contributed by atoms with Gasteiger partial charge in [-0.25, -0.2) is 0 Å². The minimum atomic E-state index is 0.0228. The molecule has 0 spiro atoms. The smallest absolute Gasteiger partial charge is 0.230 e. The van der Waals surface area contributed by atoms with E-state index in [1.165, 1.54) is 43.0 Å². The average Bonchev–Trinajstić information content (AvgIpc) is 2.47. The van der Waals surface area contributed by atoms with E-state index in [4.69, 9.17) is 0 Å². The Labute approximate surface area is 124 Å². The topological polar surface area (TPSA) is 49.3 Å². The lowest BCUT2D eigenvalue weighted by Gasteiger charge is -2.12. The van der Waals surface area contributed by atoms with Gasteiger partial charge in [-0.05, 0) is 44.2 Å². The Morgan fingerprint density at radius 1 is 1.30 bits per heavy atom. The molecule has 0 aliphatic heterocycles. The van der Waals surface area contributed by atoms with E-state index in [1.807, 2.05) is 12.1 Å². The average molecular weight is 291 g/mol. The van der Waals surface area contributed by atoms with Crippen LogP contribution in [0.4, 0.5) is 0 Å². The minimum Gasteiger partial charge on any atom is -0.507 e. The van der Waals surface area contributed by atoms with Gasteiger partial charge in [0.15, 0.2) is 0 Å². The summed E-state index contributed by atoms with van der Waals surface area (Å²) in [4.78, 5) is 12.5.